The van der Waals surface area contributed by atoms with Gasteiger partial charge in [0, 0.05) is 44.3 Å². The molecule has 2 aromatic carbocycles. The average Bonchev–Trinajstić information content (AvgIpc) is 3.34. The van der Waals surface area contributed by atoms with Crippen LogP contribution in [0.3, 0.4) is 0 Å². The second-order valence-electron chi connectivity index (χ2n) is 8.64. The molecular weight excluding hydrogens is 379 g/mol. The van der Waals surface area contributed by atoms with Gasteiger partial charge in [-0.25, -0.2) is 9.37 Å². The normalized spacial score (nSPS) is 19.9. The molecule has 1 aliphatic carbocycles. The molecule has 0 radical (unpaired) electrons. The molecule has 0 bridgehead atoms. The van der Waals surface area contributed by atoms with E-state index in [2.05, 4.69) is 9.88 Å². The third-order valence-electron chi connectivity index (χ3n) is 6.79. The predicted molar refractivity (Wildman–Crippen MR) is 115 cm³/mol. The molecule has 0 spiro atoms. The van der Waals surface area contributed by atoms with E-state index in [1.54, 1.807) is 12.4 Å². The fourth-order valence-electron chi connectivity index (χ4n) is 4.64. The zero-order valence-corrected chi connectivity index (χ0v) is 17.3. The van der Waals surface area contributed by atoms with Gasteiger partial charge in [0.05, 0.1) is 17.4 Å². The minimum Gasteiger partial charge on any atom is -0.337 e. The number of hydrogen-bond acceptors (Lipinski definition) is 3. The van der Waals surface area contributed by atoms with Crippen molar-refractivity contribution in [3.8, 4) is 0 Å². The molecule has 1 aromatic heterocycles. The minimum atomic E-state index is -0.268. The number of fused-ring (bicyclic) bond motifs is 1. The first-order chi connectivity index (χ1) is 14.6. The van der Waals surface area contributed by atoms with Crippen LogP contribution in [0.25, 0.3) is 11.0 Å². The summed E-state index contributed by atoms with van der Waals surface area (Å²) in [6.07, 6.45) is 6.75. The molecular formula is C24H27FN4O. The molecule has 2 fully saturated rings. The van der Waals surface area contributed by atoms with Crippen molar-refractivity contribution in [2.24, 2.45) is 0 Å². The van der Waals surface area contributed by atoms with Gasteiger partial charge in [0.25, 0.3) is 5.91 Å². The van der Waals surface area contributed by atoms with Crippen LogP contribution in [0.15, 0.2) is 48.8 Å². The Labute approximate surface area is 176 Å². The fraction of sp³-hybridized carbons (Fsp3) is 0.417. The lowest BCUT2D eigenvalue weighted by Crippen LogP contribution is -2.43. The molecule has 1 atom stereocenters. The van der Waals surface area contributed by atoms with Crippen LogP contribution in [0.1, 0.15) is 41.6 Å². The standard InChI is InChI=1S/C24H27FN4O/c1-27(21-11-12-28(15-21)20-3-2-4-20)24(30)18-7-5-17(6-8-18)14-29-16-26-22-10-9-19(25)13-23(22)29/h5-10,13,16,20-21H,2-4,11-12,14-15H2,1H3. The Bertz CT molecular complexity index is 1060. The zero-order chi connectivity index (χ0) is 20.7. The molecule has 0 N–H and O–H groups in total. The molecule has 1 saturated heterocycles. The van der Waals surface area contributed by atoms with Crippen LogP contribution in [-0.2, 0) is 6.54 Å². The van der Waals surface area contributed by atoms with Crippen LogP contribution in [0.4, 0.5) is 4.39 Å². The van der Waals surface area contributed by atoms with Crippen molar-refractivity contribution in [2.45, 2.75) is 44.3 Å². The maximum Gasteiger partial charge on any atom is 0.253 e. The molecule has 2 heterocycles. The van der Waals surface area contributed by atoms with Gasteiger partial charge in [-0.05, 0) is 55.2 Å². The van der Waals surface area contributed by atoms with Crippen LogP contribution in [0.2, 0.25) is 0 Å². The number of carbonyl (C=O) groups excluding carboxylic acids is 1. The number of hydrogen-bond donors (Lipinski definition) is 0. The van der Waals surface area contributed by atoms with E-state index in [0.717, 1.165) is 42.1 Å². The second-order valence-corrected chi connectivity index (χ2v) is 8.64. The third kappa shape index (κ3) is 3.60. The Kier molecular flexibility index (Phi) is 5.03. The van der Waals surface area contributed by atoms with E-state index in [1.165, 1.54) is 31.4 Å². The molecule has 5 nitrogen and oxygen atoms in total. The molecule has 6 heteroatoms. The van der Waals surface area contributed by atoms with Gasteiger partial charge >= 0.3 is 0 Å². The largest absolute Gasteiger partial charge is 0.337 e. The van der Waals surface area contributed by atoms with Gasteiger partial charge in [-0.1, -0.05) is 18.6 Å². The molecule has 30 heavy (non-hydrogen) atoms. The molecule has 5 rings (SSSR count). The average molecular weight is 407 g/mol. The number of imidazole rings is 1. The van der Waals surface area contributed by atoms with Crippen LogP contribution in [0, 0.1) is 5.82 Å². The lowest BCUT2D eigenvalue weighted by Gasteiger charge is -2.35. The number of amides is 1. The van der Waals surface area contributed by atoms with Gasteiger partial charge < -0.3 is 9.47 Å². The van der Waals surface area contributed by atoms with Gasteiger partial charge in [0.2, 0.25) is 0 Å². The molecule has 1 saturated carbocycles. The summed E-state index contributed by atoms with van der Waals surface area (Å²) in [4.78, 5) is 21.8. The number of rotatable bonds is 5. The number of benzene rings is 2. The highest BCUT2D eigenvalue weighted by atomic mass is 19.1. The monoisotopic (exact) mass is 406 g/mol. The first kappa shape index (κ1) is 19.2. The van der Waals surface area contributed by atoms with Gasteiger partial charge in [0.15, 0.2) is 0 Å². The maximum absolute atomic E-state index is 13.6. The van der Waals surface area contributed by atoms with E-state index in [9.17, 15) is 9.18 Å². The van der Waals surface area contributed by atoms with Crippen molar-refractivity contribution < 1.29 is 9.18 Å². The van der Waals surface area contributed by atoms with Gasteiger partial charge in [-0.2, -0.15) is 0 Å². The number of likely N-dealkylation sites (tertiary alicyclic amines) is 1. The van der Waals surface area contributed by atoms with Crippen LogP contribution >= 0.6 is 0 Å². The van der Waals surface area contributed by atoms with Crippen molar-refractivity contribution in [3.05, 3.63) is 65.7 Å². The first-order valence-corrected chi connectivity index (χ1v) is 10.8. The molecule has 2 aliphatic rings. The lowest BCUT2D eigenvalue weighted by atomic mass is 9.92. The Morgan fingerprint density at radius 3 is 2.70 bits per heavy atom. The number of aromatic nitrogens is 2. The SMILES string of the molecule is CN(C(=O)c1ccc(Cn2cnc3ccc(F)cc32)cc1)C1CCN(C2CCC2)C1. The Balaban J connectivity index is 1.25. The van der Waals surface area contributed by atoms with Crippen molar-refractivity contribution in [1.82, 2.24) is 19.4 Å². The van der Waals surface area contributed by atoms with Crippen molar-refractivity contribution >= 4 is 16.9 Å². The summed E-state index contributed by atoms with van der Waals surface area (Å²) in [7, 11) is 1.93. The van der Waals surface area contributed by atoms with Crippen LogP contribution in [0.5, 0.6) is 0 Å². The summed E-state index contributed by atoms with van der Waals surface area (Å²) in [6.45, 7) is 2.68. The number of carbonyl (C=O) groups is 1. The smallest absolute Gasteiger partial charge is 0.253 e. The number of nitrogens with zero attached hydrogens (tertiary/aromatic N) is 4. The van der Waals surface area contributed by atoms with E-state index in [0.29, 0.717) is 18.2 Å². The van der Waals surface area contributed by atoms with Crippen molar-refractivity contribution in [1.29, 1.82) is 0 Å². The maximum atomic E-state index is 13.6. The second kappa shape index (κ2) is 7.84. The van der Waals surface area contributed by atoms with Crippen LogP contribution in [-0.4, -0.2) is 57.5 Å². The summed E-state index contributed by atoms with van der Waals surface area (Å²) in [6, 6.07) is 13.4. The van der Waals surface area contributed by atoms with E-state index >= 15 is 0 Å². The topological polar surface area (TPSA) is 41.4 Å². The molecule has 1 unspecified atom stereocenters. The van der Waals surface area contributed by atoms with E-state index in [4.69, 9.17) is 0 Å². The number of halogens is 1. The Morgan fingerprint density at radius 2 is 1.97 bits per heavy atom. The Morgan fingerprint density at radius 1 is 1.17 bits per heavy atom. The molecule has 3 aromatic rings. The Hall–Kier alpha value is -2.73. The molecule has 1 amide bonds. The van der Waals surface area contributed by atoms with Gasteiger partial charge in [-0.3, -0.25) is 9.69 Å². The molecule has 1 aliphatic heterocycles. The summed E-state index contributed by atoms with van der Waals surface area (Å²) in [5.74, 6) is -0.187. The summed E-state index contributed by atoms with van der Waals surface area (Å²) in [5.41, 5.74) is 3.31. The summed E-state index contributed by atoms with van der Waals surface area (Å²) < 4.78 is 15.5. The van der Waals surface area contributed by atoms with Crippen molar-refractivity contribution in [3.63, 3.8) is 0 Å². The first-order valence-electron chi connectivity index (χ1n) is 10.8. The zero-order valence-electron chi connectivity index (χ0n) is 17.3. The van der Waals surface area contributed by atoms with Gasteiger partial charge in [0.1, 0.15) is 5.82 Å². The third-order valence-corrected chi connectivity index (χ3v) is 6.79. The van der Waals surface area contributed by atoms with E-state index in [1.807, 2.05) is 40.8 Å². The highest BCUT2D eigenvalue weighted by Gasteiger charge is 2.34. The van der Waals surface area contributed by atoms with Gasteiger partial charge in [-0.15, -0.1) is 0 Å². The number of likely N-dealkylation sites (N-methyl/N-ethyl adjacent to an activating group) is 1. The summed E-state index contributed by atoms with van der Waals surface area (Å²) in [5, 5.41) is 0. The minimum absolute atomic E-state index is 0.0807. The van der Waals surface area contributed by atoms with E-state index in [-0.39, 0.29) is 11.7 Å². The highest BCUT2D eigenvalue weighted by Crippen LogP contribution is 2.29. The van der Waals surface area contributed by atoms with E-state index < -0.39 is 0 Å². The fourth-order valence-corrected chi connectivity index (χ4v) is 4.64. The quantitative estimate of drug-likeness (QED) is 0.645. The predicted octanol–water partition coefficient (Wildman–Crippen LogP) is 3.92. The molecule has 156 valence electrons. The van der Waals surface area contributed by atoms with Crippen molar-refractivity contribution in [2.75, 3.05) is 20.1 Å². The highest BCUT2D eigenvalue weighted by molar-refractivity contribution is 5.94. The lowest BCUT2D eigenvalue weighted by molar-refractivity contribution is 0.0720. The van der Waals surface area contributed by atoms with Crippen LogP contribution < -0.4 is 0 Å². The summed E-state index contributed by atoms with van der Waals surface area (Å²) >= 11 is 0.